The summed E-state index contributed by atoms with van der Waals surface area (Å²) in [5, 5.41) is 16.3. The highest BCUT2D eigenvalue weighted by molar-refractivity contribution is 5.79. The summed E-state index contributed by atoms with van der Waals surface area (Å²) < 4.78 is 5.25. The van der Waals surface area contributed by atoms with Crippen molar-refractivity contribution in [3.05, 3.63) is 24.2 Å². The molecule has 5 heteroatoms. The van der Waals surface area contributed by atoms with E-state index in [0.29, 0.717) is 12.5 Å². The van der Waals surface area contributed by atoms with Crippen molar-refractivity contribution < 1.29 is 9.52 Å². The molecule has 106 valence electrons. The van der Waals surface area contributed by atoms with Gasteiger partial charge in [-0.2, -0.15) is 0 Å². The molecule has 0 bridgehead atoms. The fourth-order valence-corrected chi connectivity index (χ4v) is 2.38. The summed E-state index contributed by atoms with van der Waals surface area (Å²) in [4.78, 5) is 4.46. The van der Waals surface area contributed by atoms with Gasteiger partial charge in [0.15, 0.2) is 5.96 Å². The van der Waals surface area contributed by atoms with E-state index in [2.05, 4.69) is 15.6 Å². The van der Waals surface area contributed by atoms with Gasteiger partial charge in [0, 0.05) is 19.0 Å². The predicted molar refractivity (Wildman–Crippen MR) is 74.9 cm³/mol. The molecule has 1 heterocycles. The van der Waals surface area contributed by atoms with Crippen molar-refractivity contribution in [2.45, 2.75) is 38.8 Å². The van der Waals surface area contributed by atoms with E-state index in [1.165, 1.54) is 0 Å². The molecule has 0 aromatic carbocycles. The van der Waals surface area contributed by atoms with Crippen LogP contribution in [0.4, 0.5) is 0 Å². The maximum absolute atomic E-state index is 9.80. The van der Waals surface area contributed by atoms with Crippen LogP contribution in [0.1, 0.15) is 31.9 Å². The summed E-state index contributed by atoms with van der Waals surface area (Å²) in [6.07, 6.45) is 4.62. The van der Waals surface area contributed by atoms with Crippen molar-refractivity contribution in [3.63, 3.8) is 0 Å². The molecular weight excluding hydrogens is 242 g/mol. The van der Waals surface area contributed by atoms with Gasteiger partial charge in [0.2, 0.25) is 0 Å². The minimum Gasteiger partial charge on any atom is -0.467 e. The number of aliphatic imine (C=N–C) groups is 1. The third kappa shape index (κ3) is 4.28. The molecule has 1 saturated carbocycles. The first-order valence-corrected chi connectivity index (χ1v) is 7.02. The molecule has 1 fully saturated rings. The van der Waals surface area contributed by atoms with Gasteiger partial charge in [-0.15, -0.1) is 0 Å². The van der Waals surface area contributed by atoms with E-state index in [1.54, 1.807) is 6.26 Å². The zero-order valence-electron chi connectivity index (χ0n) is 11.4. The van der Waals surface area contributed by atoms with Crippen LogP contribution in [0.3, 0.4) is 0 Å². The van der Waals surface area contributed by atoms with Crippen LogP contribution in [0.2, 0.25) is 0 Å². The van der Waals surface area contributed by atoms with E-state index in [4.69, 9.17) is 4.42 Å². The second-order valence-corrected chi connectivity index (χ2v) is 4.91. The highest BCUT2D eigenvalue weighted by Gasteiger charge is 2.24. The summed E-state index contributed by atoms with van der Waals surface area (Å²) >= 11 is 0. The van der Waals surface area contributed by atoms with E-state index < -0.39 is 0 Å². The van der Waals surface area contributed by atoms with Crippen molar-refractivity contribution in [1.29, 1.82) is 0 Å². The lowest BCUT2D eigenvalue weighted by Gasteiger charge is -2.17. The van der Waals surface area contributed by atoms with Gasteiger partial charge in [-0.3, -0.25) is 0 Å². The van der Waals surface area contributed by atoms with E-state index in [-0.39, 0.29) is 6.10 Å². The molecule has 0 spiro atoms. The van der Waals surface area contributed by atoms with Crippen LogP contribution in [0.25, 0.3) is 0 Å². The smallest absolute Gasteiger partial charge is 0.191 e. The summed E-state index contributed by atoms with van der Waals surface area (Å²) in [6, 6.07) is 3.77. The van der Waals surface area contributed by atoms with Crippen LogP contribution >= 0.6 is 0 Å². The van der Waals surface area contributed by atoms with Gasteiger partial charge >= 0.3 is 0 Å². The minimum absolute atomic E-state index is 0.166. The molecule has 0 amide bonds. The quantitative estimate of drug-likeness (QED) is 0.557. The molecule has 2 rings (SSSR count). The van der Waals surface area contributed by atoms with Gasteiger partial charge in [-0.05, 0) is 31.9 Å². The van der Waals surface area contributed by atoms with E-state index in [9.17, 15) is 5.11 Å². The highest BCUT2D eigenvalue weighted by atomic mass is 16.3. The lowest BCUT2D eigenvalue weighted by Crippen LogP contribution is -2.41. The topological polar surface area (TPSA) is 69.8 Å². The zero-order chi connectivity index (χ0) is 13.5. The van der Waals surface area contributed by atoms with Crippen LogP contribution in [0.15, 0.2) is 27.8 Å². The Labute approximate surface area is 114 Å². The molecule has 2 atom stereocenters. The standard InChI is InChI=1S/C14H23N3O2/c1-2-15-14(17-10-12-6-4-8-19-12)16-9-11-5-3-7-13(11)18/h4,6,8,11,13,18H,2-3,5,7,9-10H2,1H3,(H2,15,16,17). The van der Waals surface area contributed by atoms with E-state index in [0.717, 1.165) is 44.1 Å². The Morgan fingerprint density at radius 3 is 3.00 bits per heavy atom. The van der Waals surface area contributed by atoms with Crippen molar-refractivity contribution >= 4 is 5.96 Å². The summed E-state index contributed by atoms with van der Waals surface area (Å²) in [5.41, 5.74) is 0. The normalized spacial score (nSPS) is 23.6. The SMILES string of the molecule is CCNC(=NCc1ccco1)NCC1CCCC1O. The Balaban J connectivity index is 1.83. The molecule has 0 saturated heterocycles. The number of nitrogens with zero attached hydrogens (tertiary/aromatic N) is 1. The Morgan fingerprint density at radius 1 is 1.47 bits per heavy atom. The number of rotatable bonds is 5. The average molecular weight is 265 g/mol. The van der Waals surface area contributed by atoms with Gasteiger partial charge in [-0.25, -0.2) is 4.99 Å². The van der Waals surface area contributed by atoms with Gasteiger partial charge in [0.25, 0.3) is 0 Å². The fourth-order valence-electron chi connectivity index (χ4n) is 2.38. The molecule has 1 aliphatic rings. The van der Waals surface area contributed by atoms with E-state index in [1.807, 2.05) is 19.1 Å². The maximum atomic E-state index is 9.80. The number of aliphatic hydroxyl groups excluding tert-OH is 1. The van der Waals surface area contributed by atoms with Crippen molar-refractivity contribution in [3.8, 4) is 0 Å². The monoisotopic (exact) mass is 265 g/mol. The zero-order valence-corrected chi connectivity index (χ0v) is 11.4. The summed E-state index contributed by atoms with van der Waals surface area (Å²) in [5.74, 6) is 1.96. The first-order valence-electron chi connectivity index (χ1n) is 7.02. The second-order valence-electron chi connectivity index (χ2n) is 4.91. The average Bonchev–Trinajstić information content (AvgIpc) is 3.04. The van der Waals surface area contributed by atoms with Crippen molar-refractivity contribution in [1.82, 2.24) is 10.6 Å². The van der Waals surface area contributed by atoms with Crippen LogP contribution in [-0.4, -0.2) is 30.3 Å². The Hall–Kier alpha value is -1.49. The van der Waals surface area contributed by atoms with Crippen LogP contribution in [0, 0.1) is 5.92 Å². The molecular formula is C14H23N3O2. The summed E-state index contributed by atoms with van der Waals surface area (Å²) in [6.45, 7) is 4.15. The number of aliphatic hydroxyl groups is 1. The second kappa shape index (κ2) is 7.19. The Bertz CT molecular complexity index is 389. The highest BCUT2D eigenvalue weighted by Crippen LogP contribution is 2.24. The van der Waals surface area contributed by atoms with Crippen LogP contribution < -0.4 is 10.6 Å². The minimum atomic E-state index is -0.166. The van der Waals surface area contributed by atoms with Gasteiger partial charge in [0.1, 0.15) is 12.3 Å². The number of hydrogen-bond donors (Lipinski definition) is 3. The fraction of sp³-hybridized carbons (Fsp3) is 0.643. The van der Waals surface area contributed by atoms with Gasteiger partial charge < -0.3 is 20.2 Å². The number of guanidine groups is 1. The van der Waals surface area contributed by atoms with E-state index >= 15 is 0 Å². The number of furan rings is 1. The lowest BCUT2D eigenvalue weighted by atomic mass is 10.1. The molecule has 3 N–H and O–H groups in total. The molecule has 1 aromatic rings. The first-order chi connectivity index (χ1) is 9.29. The molecule has 19 heavy (non-hydrogen) atoms. The molecule has 1 aromatic heterocycles. The Kier molecular flexibility index (Phi) is 5.27. The predicted octanol–water partition coefficient (Wildman–Crippen LogP) is 1.50. The number of hydrogen-bond acceptors (Lipinski definition) is 3. The lowest BCUT2D eigenvalue weighted by molar-refractivity contribution is 0.134. The number of nitrogens with one attached hydrogen (secondary N) is 2. The van der Waals surface area contributed by atoms with Crippen molar-refractivity contribution in [2.24, 2.45) is 10.9 Å². The van der Waals surface area contributed by atoms with Crippen LogP contribution in [0.5, 0.6) is 0 Å². The molecule has 5 nitrogen and oxygen atoms in total. The molecule has 2 unspecified atom stereocenters. The largest absolute Gasteiger partial charge is 0.467 e. The van der Waals surface area contributed by atoms with Crippen molar-refractivity contribution in [2.75, 3.05) is 13.1 Å². The third-order valence-corrected chi connectivity index (χ3v) is 3.47. The first kappa shape index (κ1) is 13.9. The summed E-state index contributed by atoms with van der Waals surface area (Å²) in [7, 11) is 0. The van der Waals surface area contributed by atoms with Gasteiger partial charge in [0.05, 0.1) is 12.4 Å². The Morgan fingerprint density at radius 2 is 2.37 bits per heavy atom. The molecule has 1 aliphatic carbocycles. The molecule has 0 aliphatic heterocycles. The third-order valence-electron chi connectivity index (χ3n) is 3.47. The van der Waals surface area contributed by atoms with Gasteiger partial charge in [-0.1, -0.05) is 6.42 Å². The maximum Gasteiger partial charge on any atom is 0.191 e. The van der Waals surface area contributed by atoms with Crippen LogP contribution in [-0.2, 0) is 6.54 Å². The molecule has 0 radical (unpaired) electrons.